The zero-order chi connectivity index (χ0) is 14.1. The number of amides is 1. The molecular weight excluding hydrogens is 291 g/mol. The molecule has 1 amide bonds. The van der Waals surface area contributed by atoms with Crippen molar-refractivity contribution in [2.75, 3.05) is 10.6 Å². The maximum absolute atomic E-state index is 13.2. The topological polar surface area (TPSA) is 46.3 Å². The second-order valence-corrected chi connectivity index (χ2v) is 5.00. The van der Waals surface area contributed by atoms with Crippen molar-refractivity contribution >= 4 is 29.7 Å². The molecule has 0 aliphatic carbocycles. The zero-order valence-electron chi connectivity index (χ0n) is 11.4. The van der Waals surface area contributed by atoms with E-state index in [-0.39, 0.29) is 24.1 Å². The number of carbonyl (C=O) groups excluding carboxylic acids is 1. The maximum atomic E-state index is 13.2. The molecule has 0 bridgehead atoms. The van der Waals surface area contributed by atoms with Gasteiger partial charge in [-0.3, -0.25) is 4.79 Å². The minimum absolute atomic E-state index is 0. The van der Waals surface area contributed by atoms with Gasteiger partial charge in [0.25, 0.3) is 0 Å². The van der Waals surface area contributed by atoms with E-state index >= 15 is 0 Å². The van der Waals surface area contributed by atoms with Gasteiger partial charge < -0.3 is 10.6 Å². The van der Waals surface area contributed by atoms with Crippen LogP contribution in [-0.2, 0) is 17.8 Å². The van der Waals surface area contributed by atoms with Gasteiger partial charge >= 0.3 is 0 Å². The lowest BCUT2D eigenvalue weighted by atomic mass is 10.00. The van der Waals surface area contributed by atoms with Gasteiger partial charge in [-0.25, -0.2) is 4.39 Å². The molecule has 0 saturated carbocycles. The molecule has 0 radical (unpaired) electrons. The van der Waals surface area contributed by atoms with E-state index < -0.39 is 0 Å². The highest BCUT2D eigenvalue weighted by Gasteiger charge is 2.24. The molecule has 0 fully saturated rings. The van der Waals surface area contributed by atoms with Crippen LogP contribution < -0.4 is 10.6 Å². The first-order chi connectivity index (χ1) is 9.63. The highest BCUT2D eigenvalue weighted by atomic mass is 35.5. The quantitative estimate of drug-likeness (QED) is 0.865. The normalized spacial score (nSPS) is 13.6. The first kappa shape index (κ1) is 15.3. The minimum Gasteiger partial charge on any atom is -0.399 e. The van der Waals surface area contributed by atoms with Crippen LogP contribution in [0, 0.1) is 5.82 Å². The van der Waals surface area contributed by atoms with Crippen LogP contribution in [-0.4, -0.2) is 5.91 Å². The van der Waals surface area contributed by atoms with E-state index in [1.807, 2.05) is 18.2 Å². The van der Waals surface area contributed by atoms with Crippen molar-refractivity contribution in [2.24, 2.45) is 0 Å². The fourth-order valence-electron chi connectivity index (χ4n) is 2.57. The van der Waals surface area contributed by atoms with Crippen LogP contribution in [0.2, 0.25) is 0 Å². The number of nitrogens with two attached hydrogens (primary N) is 1. The summed E-state index contributed by atoms with van der Waals surface area (Å²) in [5.41, 5.74) is 9.21. The van der Waals surface area contributed by atoms with Crippen molar-refractivity contribution in [2.45, 2.75) is 19.4 Å². The van der Waals surface area contributed by atoms with Gasteiger partial charge in [0.1, 0.15) is 5.82 Å². The summed E-state index contributed by atoms with van der Waals surface area (Å²) in [4.78, 5) is 13.8. The Balaban J connectivity index is 0.00000161. The van der Waals surface area contributed by atoms with E-state index in [4.69, 9.17) is 5.73 Å². The van der Waals surface area contributed by atoms with Gasteiger partial charge in [0.15, 0.2) is 0 Å². The van der Waals surface area contributed by atoms with Gasteiger partial charge in [-0.2, -0.15) is 0 Å². The fraction of sp³-hybridized carbons (Fsp3) is 0.188. The molecule has 1 aliphatic heterocycles. The Hall–Kier alpha value is -2.07. The number of aryl methyl sites for hydroxylation is 1. The number of benzene rings is 2. The van der Waals surface area contributed by atoms with Crippen LogP contribution in [0.4, 0.5) is 15.8 Å². The van der Waals surface area contributed by atoms with Crippen molar-refractivity contribution in [3.63, 3.8) is 0 Å². The van der Waals surface area contributed by atoms with E-state index in [0.29, 0.717) is 25.1 Å². The monoisotopic (exact) mass is 306 g/mol. The number of fused-ring (bicyclic) bond motifs is 1. The van der Waals surface area contributed by atoms with Crippen LogP contribution in [0.25, 0.3) is 0 Å². The third kappa shape index (κ3) is 3.16. The van der Waals surface area contributed by atoms with Crippen molar-refractivity contribution in [3.8, 4) is 0 Å². The SMILES string of the molecule is Cl.Nc1ccc2c(c1)CCC(=O)N2Cc1cccc(F)c1. The summed E-state index contributed by atoms with van der Waals surface area (Å²) in [6, 6.07) is 11.9. The van der Waals surface area contributed by atoms with E-state index in [1.54, 1.807) is 17.0 Å². The maximum Gasteiger partial charge on any atom is 0.227 e. The molecule has 2 aromatic carbocycles. The summed E-state index contributed by atoms with van der Waals surface area (Å²) in [5.74, 6) is -0.226. The van der Waals surface area contributed by atoms with E-state index in [2.05, 4.69) is 0 Å². The van der Waals surface area contributed by atoms with Gasteiger partial charge in [0, 0.05) is 17.8 Å². The molecule has 0 spiro atoms. The molecule has 2 N–H and O–H groups in total. The summed E-state index contributed by atoms with van der Waals surface area (Å²) in [6.45, 7) is 0.382. The van der Waals surface area contributed by atoms with Crippen LogP contribution in [0.1, 0.15) is 17.5 Å². The molecule has 3 nitrogen and oxygen atoms in total. The second-order valence-electron chi connectivity index (χ2n) is 5.00. The van der Waals surface area contributed by atoms with Crippen LogP contribution >= 0.6 is 12.4 Å². The van der Waals surface area contributed by atoms with Crippen molar-refractivity contribution < 1.29 is 9.18 Å². The van der Waals surface area contributed by atoms with Gasteiger partial charge in [0.05, 0.1) is 6.54 Å². The Kier molecular flexibility index (Phi) is 4.48. The largest absolute Gasteiger partial charge is 0.399 e. The summed E-state index contributed by atoms with van der Waals surface area (Å²) in [5, 5.41) is 0. The molecule has 21 heavy (non-hydrogen) atoms. The predicted molar refractivity (Wildman–Crippen MR) is 84.0 cm³/mol. The van der Waals surface area contributed by atoms with Crippen LogP contribution in [0.3, 0.4) is 0 Å². The molecule has 2 aromatic rings. The van der Waals surface area contributed by atoms with Crippen LogP contribution in [0.15, 0.2) is 42.5 Å². The summed E-state index contributed by atoms with van der Waals surface area (Å²) in [7, 11) is 0. The van der Waals surface area contributed by atoms with E-state index in [1.165, 1.54) is 12.1 Å². The molecule has 0 atom stereocenters. The molecule has 5 heteroatoms. The Morgan fingerprint density at radius 2 is 1.95 bits per heavy atom. The zero-order valence-corrected chi connectivity index (χ0v) is 12.2. The molecular formula is C16H16ClFN2O. The lowest BCUT2D eigenvalue weighted by Crippen LogP contribution is -2.34. The Labute approximate surface area is 129 Å². The summed E-state index contributed by atoms with van der Waals surface area (Å²) < 4.78 is 13.2. The molecule has 0 saturated heterocycles. The van der Waals surface area contributed by atoms with Gasteiger partial charge in [-0.05, 0) is 47.9 Å². The first-order valence-electron chi connectivity index (χ1n) is 6.57. The third-order valence-corrected chi connectivity index (χ3v) is 3.53. The third-order valence-electron chi connectivity index (χ3n) is 3.53. The van der Waals surface area contributed by atoms with Gasteiger partial charge in [-0.15, -0.1) is 12.4 Å². The van der Waals surface area contributed by atoms with Crippen molar-refractivity contribution in [1.82, 2.24) is 0 Å². The Bertz CT molecular complexity index is 675. The van der Waals surface area contributed by atoms with Gasteiger partial charge in [-0.1, -0.05) is 12.1 Å². The number of rotatable bonds is 2. The number of halogens is 2. The number of anilines is 2. The van der Waals surface area contributed by atoms with E-state index in [9.17, 15) is 9.18 Å². The molecule has 1 aliphatic rings. The highest BCUT2D eigenvalue weighted by molar-refractivity contribution is 5.96. The number of carbonyl (C=O) groups is 1. The van der Waals surface area contributed by atoms with E-state index in [0.717, 1.165) is 16.8 Å². The Morgan fingerprint density at radius 3 is 2.71 bits per heavy atom. The molecule has 1 heterocycles. The van der Waals surface area contributed by atoms with Crippen molar-refractivity contribution in [1.29, 1.82) is 0 Å². The molecule has 0 aromatic heterocycles. The van der Waals surface area contributed by atoms with Crippen molar-refractivity contribution in [3.05, 3.63) is 59.4 Å². The molecule has 3 rings (SSSR count). The lowest BCUT2D eigenvalue weighted by molar-refractivity contribution is -0.119. The standard InChI is InChI=1S/C16H15FN2O.ClH/c17-13-3-1-2-11(8-13)10-19-15-6-5-14(18)9-12(15)4-7-16(19)20;/h1-3,5-6,8-9H,4,7,10,18H2;1H. The number of hydrogen-bond acceptors (Lipinski definition) is 2. The second kappa shape index (κ2) is 6.14. The minimum atomic E-state index is -0.288. The first-order valence-corrected chi connectivity index (χ1v) is 6.57. The summed E-state index contributed by atoms with van der Waals surface area (Å²) >= 11 is 0. The van der Waals surface area contributed by atoms with Crippen LogP contribution in [0.5, 0.6) is 0 Å². The molecule has 110 valence electrons. The number of nitrogen functional groups attached to an aromatic ring is 1. The number of hydrogen-bond donors (Lipinski definition) is 1. The smallest absolute Gasteiger partial charge is 0.227 e. The van der Waals surface area contributed by atoms with Gasteiger partial charge in [0.2, 0.25) is 5.91 Å². The summed E-state index contributed by atoms with van der Waals surface area (Å²) in [6.07, 6.45) is 1.17. The average molecular weight is 307 g/mol. The Morgan fingerprint density at radius 1 is 1.14 bits per heavy atom. The highest BCUT2D eigenvalue weighted by Crippen LogP contribution is 2.30. The predicted octanol–water partition coefficient (Wildman–Crippen LogP) is 3.31. The lowest BCUT2D eigenvalue weighted by Gasteiger charge is -2.29. The fourth-order valence-corrected chi connectivity index (χ4v) is 2.57. The molecule has 0 unspecified atom stereocenters. The average Bonchev–Trinajstić information content (AvgIpc) is 2.42. The number of nitrogens with zero attached hydrogens (tertiary/aromatic N) is 1.